The van der Waals surface area contributed by atoms with Gasteiger partial charge in [0.1, 0.15) is 29.6 Å². The molecule has 9 nitrogen and oxygen atoms in total. The van der Waals surface area contributed by atoms with Crippen LogP contribution in [0, 0.1) is 11.8 Å². The quantitative estimate of drug-likeness (QED) is 0.386. The van der Waals surface area contributed by atoms with Crippen LogP contribution in [0.4, 0.5) is 18.9 Å². The molecule has 172 valence electrons. The van der Waals surface area contributed by atoms with Gasteiger partial charge in [0.15, 0.2) is 0 Å². The Hall–Kier alpha value is -4.27. The number of nitrogens with one attached hydrogen (secondary N) is 3. The predicted octanol–water partition coefficient (Wildman–Crippen LogP) is 2.33. The van der Waals surface area contributed by atoms with Crippen LogP contribution >= 0.6 is 0 Å². The number of carbonyl (C=O) groups is 2. The van der Waals surface area contributed by atoms with Gasteiger partial charge in [0.05, 0.1) is 18.4 Å². The average molecular weight is 460 g/mol. The van der Waals surface area contributed by atoms with Crippen LogP contribution in [0.2, 0.25) is 0 Å². The summed E-state index contributed by atoms with van der Waals surface area (Å²) in [6.45, 7) is 1.68. The lowest BCUT2D eigenvalue weighted by Crippen LogP contribution is -2.25. The number of hydrogen-bond donors (Lipinski definition) is 3. The van der Waals surface area contributed by atoms with Crippen LogP contribution in [0.1, 0.15) is 18.3 Å². The lowest BCUT2D eigenvalue weighted by molar-refractivity contribution is -0.140. The SMILES string of the molecule is CC(=O)NCCOc1ccc(-c2ncc(C(F)(F)F)[nH]2)cc1NC(=O)C#Cc1ccn(C)n1. The number of nitrogens with zero attached hydrogens (tertiary/aromatic N) is 3. The third-order valence-electron chi connectivity index (χ3n) is 4.13. The van der Waals surface area contributed by atoms with E-state index in [9.17, 15) is 22.8 Å². The smallest absolute Gasteiger partial charge is 0.432 e. The fourth-order valence-electron chi connectivity index (χ4n) is 2.66. The van der Waals surface area contributed by atoms with Crippen molar-refractivity contribution in [3.8, 4) is 29.0 Å². The molecule has 0 atom stereocenters. The fraction of sp³-hybridized carbons (Fsp3) is 0.238. The zero-order valence-corrected chi connectivity index (χ0v) is 17.6. The van der Waals surface area contributed by atoms with Gasteiger partial charge in [-0.15, -0.1) is 0 Å². The molecule has 0 saturated carbocycles. The number of amides is 2. The Morgan fingerprint density at radius 1 is 1.27 bits per heavy atom. The first kappa shape index (κ1) is 23.4. The summed E-state index contributed by atoms with van der Waals surface area (Å²) in [5.74, 6) is 4.29. The first-order valence-corrected chi connectivity index (χ1v) is 9.58. The molecule has 3 N–H and O–H groups in total. The summed E-state index contributed by atoms with van der Waals surface area (Å²) < 4.78 is 45.8. The lowest BCUT2D eigenvalue weighted by atomic mass is 10.1. The van der Waals surface area contributed by atoms with E-state index in [0.29, 0.717) is 11.9 Å². The summed E-state index contributed by atoms with van der Waals surface area (Å²) in [5, 5.41) is 9.17. The van der Waals surface area contributed by atoms with Gasteiger partial charge in [-0.05, 0) is 30.2 Å². The molecule has 33 heavy (non-hydrogen) atoms. The second kappa shape index (κ2) is 9.90. The van der Waals surface area contributed by atoms with Crippen molar-refractivity contribution in [2.24, 2.45) is 7.05 Å². The number of ether oxygens (including phenoxy) is 1. The van der Waals surface area contributed by atoms with Crippen molar-refractivity contribution in [2.75, 3.05) is 18.5 Å². The minimum Gasteiger partial charge on any atom is -0.490 e. The van der Waals surface area contributed by atoms with Crippen molar-refractivity contribution >= 4 is 17.5 Å². The zero-order chi connectivity index (χ0) is 24.0. The molecule has 0 aliphatic heterocycles. The van der Waals surface area contributed by atoms with Crippen molar-refractivity contribution in [1.29, 1.82) is 0 Å². The summed E-state index contributed by atoms with van der Waals surface area (Å²) in [7, 11) is 1.71. The minimum atomic E-state index is -4.57. The molecule has 0 aliphatic rings. The number of aromatic nitrogens is 4. The molecule has 0 unspecified atom stereocenters. The molecule has 12 heteroatoms. The average Bonchev–Trinajstić information content (AvgIpc) is 3.39. The van der Waals surface area contributed by atoms with Gasteiger partial charge in [-0.2, -0.15) is 18.3 Å². The number of anilines is 1. The summed E-state index contributed by atoms with van der Waals surface area (Å²) in [4.78, 5) is 29.3. The highest BCUT2D eigenvalue weighted by atomic mass is 19.4. The molecule has 2 amide bonds. The molecule has 2 aromatic heterocycles. The predicted molar refractivity (Wildman–Crippen MR) is 112 cm³/mol. The van der Waals surface area contributed by atoms with Gasteiger partial charge in [-0.25, -0.2) is 4.98 Å². The molecule has 0 saturated heterocycles. The Balaban J connectivity index is 1.83. The lowest BCUT2D eigenvalue weighted by Gasteiger charge is -2.13. The highest BCUT2D eigenvalue weighted by Gasteiger charge is 2.33. The van der Waals surface area contributed by atoms with E-state index < -0.39 is 17.8 Å². The number of carbonyl (C=O) groups excluding carboxylic acids is 2. The van der Waals surface area contributed by atoms with Crippen molar-refractivity contribution < 1.29 is 27.5 Å². The summed E-state index contributed by atoms with van der Waals surface area (Å²) in [5.41, 5.74) is -0.156. The van der Waals surface area contributed by atoms with Crippen molar-refractivity contribution in [3.05, 3.63) is 48.0 Å². The molecule has 0 bridgehead atoms. The van der Waals surface area contributed by atoms with Gasteiger partial charge in [0, 0.05) is 31.7 Å². The van der Waals surface area contributed by atoms with Crippen LogP contribution in [-0.4, -0.2) is 44.7 Å². The van der Waals surface area contributed by atoms with E-state index in [-0.39, 0.29) is 41.9 Å². The molecule has 0 aliphatic carbocycles. The molecule has 1 aromatic carbocycles. The van der Waals surface area contributed by atoms with Gasteiger partial charge in [-0.1, -0.05) is 0 Å². The van der Waals surface area contributed by atoms with Crippen molar-refractivity contribution in [2.45, 2.75) is 13.1 Å². The first-order valence-electron chi connectivity index (χ1n) is 9.58. The number of aryl methyl sites for hydroxylation is 1. The highest BCUT2D eigenvalue weighted by Crippen LogP contribution is 2.32. The van der Waals surface area contributed by atoms with E-state index in [1.54, 1.807) is 19.3 Å². The van der Waals surface area contributed by atoms with Gasteiger partial charge in [-0.3, -0.25) is 14.3 Å². The van der Waals surface area contributed by atoms with Crippen LogP contribution in [0.5, 0.6) is 5.75 Å². The van der Waals surface area contributed by atoms with Crippen molar-refractivity contribution in [3.63, 3.8) is 0 Å². The molecule has 0 fully saturated rings. The minimum absolute atomic E-state index is 0.0396. The standard InChI is InChI=1S/C21H19F3N6O3/c1-13(31)25-8-10-33-17-5-3-14(20-26-12-18(28-20)21(22,23)24)11-16(17)27-19(32)6-4-15-7-9-30(2)29-15/h3,5,7,9,11-12H,8,10H2,1-2H3,(H,25,31)(H,26,28)(H,27,32). The Morgan fingerprint density at radius 2 is 2.06 bits per heavy atom. The van der Waals surface area contributed by atoms with E-state index in [1.165, 1.54) is 29.8 Å². The van der Waals surface area contributed by atoms with E-state index in [1.807, 2.05) is 0 Å². The maximum Gasteiger partial charge on any atom is 0.432 e. The molecular weight excluding hydrogens is 441 g/mol. The van der Waals surface area contributed by atoms with Gasteiger partial charge >= 0.3 is 12.1 Å². The zero-order valence-electron chi connectivity index (χ0n) is 17.6. The van der Waals surface area contributed by atoms with Crippen LogP contribution in [0.25, 0.3) is 11.4 Å². The summed E-state index contributed by atoms with van der Waals surface area (Å²) in [6.07, 6.45) is -2.22. The number of alkyl halides is 3. The van der Waals surface area contributed by atoms with Gasteiger partial charge in [0.2, 0.25) is 5.91 Å². The Morgan fingerprint density at radius 3 is 2.70 bits per heavy atom. The first-order chi connectivity index (χ1) is 15.6. The molecule has 2 heterocycles. The number of H-pyrrole nitrogens is 1. The Labute approximate surface area is 186 Å². The molecule has 3 rings (SSSR count). The molecule has 3 aromatic rings. The highest BCUT2D eigenvalue weighted by molar-refractivity contribution is 6.05. The number of rotatable bonds is 6. The van der Waals surface area contributed by atoms with Crippen LogP contribution < -0.4 is 15.4 Å². The maximum atomic E-state index is 12.9. The van der Waals surface area contributed by atoms with Crippen LogP contribution in [0.3, 0.4) is 0 Å². The third-order valence-corrected chi connectivity index (χ3v) is 4.13. The van der Waals surface area contributed by atoms with E-state index in [4.69, 9.17) is 4.74 Å². The second-order valence-electron chi connectivity index (χ2n) is 6.76. The summed E-state index contributed by atoms with van der Waals surface area (Å²) >= 11 is 0. The van der Waals surface area contributed by atoms with Gasteiger partial charge < -0.3 is 20.4 Å². The molecule has 0 radical (unpaired) electrons. The fourth-order valence-corrected chi connectivity index (χ4v) is 2.66. The van der Waals surface area contributed by atoms with Gasteiger partial charge in [0.25, 0.3) is 0 Å². The number of aromatic amines is 1. The van der Waals surface area contributed by atoms with E-state index >= 15 is 0 Å². The normalized spacial score (nSPS) is 10.8. The van der Waals surface area contributed by atoms with E-state index in [0.717, 1.165) is 0 Å². The van der Waals surface area contributed by atoms with Crippen LogP contribution in [0.15, 0.2) is 36.7 Å². The largest absolute Gasteiger partial charge is 0.490 e. The number of benzene rings is 1. The molecule has 0 spiro atoms. The number of hydrogen-bond acceptors (Lipinski definition) is 5. The third kappa shape index (κ3) is 6.60. The topological polar surface area (TPSA) is 114 Å². The number of halogens is 3. The Bertz CT molecular complexity index is 1220. The van der Waals surface area contributed by atoms with E-state index in [2.05, 4.69) is 37.5 Å². The van der Waals surface area contributed by atoms with Crippen LogP contribution in [-0.2, 0) is 22.8 Å². The van der Waals surface area contributed by atoms with Crippen molar-refractivity contribution in [1.82, 2.24) is 25.1 Å². The summed E-state index contributed by atoms with van der Waals surface area (Å²) in [6, 6.07) is 6.00. The molecular formula is C21H19F3N6O3. The number of imidazole rings is 1. The monoisotopic (exact) mass is 460 g/mol. The second-order valence-corrected chi connectivity index (χ2v) is 6.76. The maximum absolute atomic E-state index is 12.9. The Kier molecular flexibility index (Phi) is 7.02.